The largest absolute Gasteiger partial charge is 0.354 e. The molecule has 76 valence electrons. The summed E-state index contributed by atoms with van der Waals surface area (Å²) in [6.45, 7) is 11.7. The van der Waals surface area contributed by atoms with Gasteiger partial charge in [0.25, 0.3) is 0 Å². The van der Waals surface area contributed by atoms with Crippen LogP contribution < -0.4 is 5.32 Å². The van der Waals surface area contributed by atoms with Crippen LogP contribution in [0.5, 0.6) is 0 Å². The van der Waals surface area contributed by atoms with Gasteiger partial charge in [0.15, 0.2) is 0 Å². The zero-order valence-electron chi connectivity index (χ0n) is 9.18. The minimum Gasteiger partial charge on any atom is -0.354 e. The van der Waals surface area contributed by atoms with E-state index in [1.165, 1.54) is 0 Å². The first-order chi connectivity index (χ1) is 5.93. The maximum absolute atomic E-state index is 10.8. The van der Waals surface area contributed by atoms with E-state index < -0.39 is 0 Å². The van der Waals surface area contributed by atoms with Crippen LogP contribution in [0.4, 0.5) is 0 Å². The maximum atomic E-state index is 10.8. The Hall–Kier alpha value is -0.790. The first-order valence-corrected chi connectivity index (χ1v) is 4.84. The van der Waals surface area contributed by atoms with E-state index in [-0.39, 0.29) is 17.4 Å². The summed E-state index contributed by atoms with van der Waals surface area (Å²) in [6, 6.07) is 0.223. The van der Waals surface area contributed by atoms with Gasteiger partial charge in [0.2, 0.25) is 5.91 Å². The summed E-state index contributed by atoms with van der Waals surface area (Å²) in [4.78, 5) is 10.8. The van der Waals surface area contributed by atoms with Crippen LogP contribution in [-0.4, -0.2) is 11.9 Å². The van der Waals surface area contributed by atoms with Crippen LogP contribution in [0.2, 0.25) is 0 Å². The molecule has 0 radical (unpaired) electrons. The quantitative estimate of drug-likeness (QED) is 0.652. The van der Waals surface area contributed by atoms with Gasteiger partial charge in [-0.2, -0.15) is 0 Å². The number of nitrogens with one attached hydrogen (secondary N) is 1. The van der Waals surface area contributed by atoms with Crippen LogP contribution in [0.15, 0.2) is 12.7 Å². The van der Waals surface area contributed by atoms with Gasteiger partial charge in [-0.15, -0.1) is 6.58 Å². The molecule has 0 rings (SSSR count). The number of allylic oxidation sites excluding steroid dienone is 1. The molecule has 0 fully saturated rings. The number of carbonyl (C=O) groups is 1. The normalized spacial score (nSPS) is 17.2. The van der Waals surface area contributed by atoms with Gasteiger partial charge in [0, 0.05) is 13.0 Å². The summed E-state index contributed by atoms with van der Waals surface area (Å²) in [6.07, 6.45) is 3.98. The number of carbonyl (C=O) groups excluding carboxylic acids is 1. The molecule has 0 aliphatic rings. The number of hydrogen-bond donors (Lipinski definition) is 1. The molecule has 0 saturated heterocycles. The van der Waals surface area contributed by atoms with Crippen molar-refractivity contribution < 1.29 is 4.79 Å². The highest BCUT2D eigenvalue weighted by Gasteiger charge is 2.21. The van der Waals surface area contributed by atoms with Crippen molar-refractivity contribution in [3.8, 4) is 0 Å². The zero-order valence-corrected chi connectivity index (χ0v) is 9.18. The van der Waals surface area contributed by atoms with E-state index in [0.29, 0.717) is 0 Å². The smallest absolute Gasteiger partial charge is 0.217 e. The summed E-state index contributed by atoms with van der Waals surface area (Å²) in [5.74, 6) is 0.0371. The molecule has 13 heavy (non-hydrogen) atoms. The van der Waals surface area contributed by atoms with E-state index in [9.17, 15) is 4.79 Å². The Labute approximate surface area is 81.4 Å². The van der Waals surface area contributed by atoms with Crippen molar-refractivity contribution in [2.75, 3.05) is 0 Å². The predicted molar refractivity (Wildman–Crippen MR) is 56.5 cm³/mol. The second-order valence-corrected chi connectivity index (χ2v) is 4.02. The van der Waals surface area contributed by atoms with Crippen molar-refractivity contribution in [1.29, 1.82) is 0 Å². The van der Waals surface area contributed by atoms with E-state index >= 15 is 0 Å². The molecule has 0 saturated carbocycles. The number of hydrogen-bond acceptors (Lipinski definition) is 1. The van der Waals surface area contributed by atoms with Crippen LogP contribution in [0.1, 0.15) is 40.5 Å². The molecule has 2 unspecified atom stereocenters. The molecule has 2 atom stereocenters. The molecule has 2 heteroatoms. The SMILES string of the molecule is C=CC(C)(CC)CC(C)NC(C)=O. The summed E-state index contributed by atoms with van der Waals surface area (Å²) in [5, 5.41) is 2.88. The number of rotatable bonds is 5. The first kappa shape index (κ1) is 12.2. The van der Waals surface area contributed by atoms with E-state index in [1.807, 2.05) is 13.0 Å². The van der Waals surface area contributed by atoms with Crippen LogP contribution in [-0.2, 0) is 4.79 Å². The van der Waals surface area contributed by atoms with Crippen molar-refractivity contribution in [2.45, 2.75) is 46.6 Å². The van der Waals surface area contributed by atoms with E-state index in [4.69, 9.17) is 0 Å². The fraction of sp³-hybridized carbons (Fsp3) is 0.727. The Bertz CT molecular complexity index is 189. The van der Waals surface area contributed by atoms with Crippen LogP contribution >= 0.6 is 0 Å². The van der Waals surface area contributed by atoms with Crippen LogP contribution in [0.3, 0.4) is 0 Å². The molecule has 0 aliphatic carbocycles. The highest BCUT2D eigenvalue weighted by Crippen LogP contribution is 2.28. The molecule has 0 bridgehead atoms. The van der Waals surface area contributed by atoms with Gasteiger partial charge in [0.05, 0.1) is 0 Å². The van der Waals surface area contributed by atoms with Crippen molar-refractivity contribution in [3.63, 3.8) is 0 Å². The highest BCUT2D eigenvalue weighted by atomic mass is 16.1. The molecular formula is C11H21NO. The van der Waals surface area contributed by atoms with Crippen molar-refractivity contribution >= 4 is 5.91 Å². The van der Waals surface area contributed by atoms with E-state index in [1.54, 1.807) is 6.92 Å². The molecule has 0 aromatic heterocycles. The molecule has 1 amide bonds. The Balaban J connectivity index is 4.08. The van der Waals surface area contributed by atoms with Gasteiger partial charge in [-0.1, -0.05) is 19.9 Å². The molecule has 0 aliphatic heterocycles. The van der Waals surface area contributed by atoms with Crippen molar-refractivity contribution in [2.24, 2.45) is 5.41 Å². The second kappa shape index (κ2) is 5.05. The van der Waals surface area contributed by atoms with Gasteiger partial charge < -0.3 is 5.32 Å². The average Bonchev–Trinajstić information content (AvgIpc) is 2.02. The number of amides is 1. The topological polar surface area (TPSA) is 29.1 Å². The van der Waals surface area contributed by atoms with Crippen molar-refractivity contribution in [1.82, 2.24) is 5.32 Å². The minimum atomic E-state index is 0.0371. The Morgan fingerprint density at radius 1 is 1.69 bits per heavy atom. The molecule has 1 N–H and O–H groups in total. The summed E-state index contributed by atoms with van der Waals surface area (Å²) < 4.78 is 0. The fourth-order valence-electron chi connectivity index (χ4n) is 1.47. The highest BCUT2D eigenvalue weighted by molar-refractivity contribution is 5.73. The Morgan fingerprint density at radius 2 is 2.23 bits per heavy atom. The molecule has 0 aromatic rings. The molecule has 0 aromatic carbocycles. The summed E-state index contributed by atoms with van der Waals surface area (Å²) in [7, 11) is 0. The Morgan fingerprint density at radius 3 is 2.54 bits per heavy atom. The zero-order chi connectivity index (χ0) is 10.5. The molecular weight excluding hydrogens is 162 g/mol. The molecule has 0 spiro atoms. The monoisotopic (exact) mass is 183 g/mol. The molecule has 2 nitrogen and oxygen atoms in total. The van der Waals surface area contributed by atoms with Gasteiger partial charge in [0.1, 0.15) is 0 Å². The maximum Gasteiger partial charge on any atom is 0.217 e. The predicted octanol–water partition coefficient (Wildman–Crippen LogP) is 2.50. The Kier molecular flexibility index (Phi) is 4.74. The third-order valence-electron chi connectivity index (χ3n) is 2.52. The fourth-order valence-corrected chi connectivity index (χ4v) is 1.47. The first-order valence-electron chi connectivity index (χ1n) is 4.84. The van der Waals surface area contributed by atoms with E-state index in [2.05, 4.69) is 25.7 Å². The lowest BCUT2D eigenvalue weighted by molar-refractivity contribution is -0.119. The van der Waals surface area contributed by atoms with Crippen LogP contribution in [0.25, 0.3) is 0 Å². The average molecular weight is 183 g/mol. The minimum absolute atomic E-state index is 0.0371. The lowest BCUT2D eigenvalue weighted by Crippen LogP contribution is -2.34. The van der Waals surface area contributed by atoms with Gasteiger partial charge >= 0.3 is 0 Å². The molecule has 0 heterocycles. The lowest BCUT2D eigenvalue weighted by Gasteiger charge is -2.27. The van der Waals surface area contributed by atoms with Gasteiger partial charge in [-0.3, -0.25) is 4.79 Å². The summed E-state index contributed by atoms with van der Waals surface area (Å²) in [5.41, 5.74) is 0.141. The third kappa shape index (κ3) is 4.71. The van der Waals surface area contributed by atoms with Gasteiger partial charge in [-0.25, -0.2) is 0 Å². The summed E-state index contributed by atoms with van der Waals surface area (Å²) >= 11 is 0. The second-order valence-electron chi connectivity index (χ2n) is 4.02. The van der Waals surface area contributed by atoms with E-state index in [0.717, 1.165) is 12.8 Å². The van der Waals surface area contributed by atoms with Crippen molar-refractivity contribution in [3.05, 3.63) is 12.7 Å². The lowest BCUT2D eigenvalue weighted by atomic mass is 9.82. The van der Waals surface area contributed by atoms with Gasteiger partial charge in [-0.05, 0) is 25.2 Å². The standard InChI is InChI=1S/C11H21NO/c1-6-11(5,7-2)8-9(3)12-10(4)13/h6,9H,1,7-8H2,2-5H3,(H,12,13). The van der Waals surface area contributed by atoms with Crippen LogP contribution in [0, 0.1) is 5.41 Å². The third-order valence-corrected chi connectivity index (χ3v) is 2.52.